The number of carbonyl (C=O) groups excluding carboxylic acids is 2. The van der Waals surface area contributed by atoms with Crippen molar-refractivity contribution in [3.05, 3.63) is 114 Å². The molecule has 10 heteroatoms. The molecule has 41 heavy (non-hydrogen) atoms. The van der Waals surface area contributed by atoms with Crippen molar-refractivity contribution in [3.63, 3.8) is 0 Å². The third-order valence-electron chi connectivity index (χ3n) is 7.29. The Labute approximate surface area is 237 Å². The summed E-state index contributed by atoms with van der Waals surface area (Å²) in [6, 6.07) is 24.0. The molecule has 0 saturated heterocycles. The van der Waals surface area contributed by atoms with Crippen molar-refractivity contribution in [2.24, 2.45) is 0 Å². The maximum absolute atomic E-state index is 14.4. The molecule has 0 bridgehead atoms. The zero-order valence-corrected chi connectivity index (χ0v) is 22.9. The number of hydrogen-bond acceptors (Lipinski definition) is 6. The van der Waals surface area contributed by atoms with Crippen molar-refractivity contribution in [2.75, 3.05) is 18.1 Å². The van der Waals surface area contributed by atoms with Gasteiger partial charge in [-0.15, -0.1) is 0 Å². The number of nitrogens with zero attached hydrogens (tertiary/aromatic N) is 2. The van der Waals surface area contributed by atoms with Crippen molar-refractivity contribution in [1.29, 1.82) is 0 Å². The van der Waals surface area contributed by atoms with Gasteiger partial charge < -0.3 is 9.64 Å². The highest BCUT2D eigenvalue weighted by molar-refractivity contribution is 7.91. The summed E-state index contributed by atoms with van der Waals surface area (Å²) in [5, 5.41) is -0.621. The summed E-state index contributed by atoms with van der Waals surface area (Å²) in [7, 11) is -3.88. The van der Waals surface area contributed by atoms with Crippen molar-refractivity contribution >= 4 is 33.2 Å². The zero-order chi connectivity index (χ0) is 28.6. The maximum Gasteiger partial charge on any atom is 0.281 e. The van der Waals surface area contributed by atoms with Crippen LogP contribution in [0.15, 0.2) is 91.1 Å². The van der Waals surface area contributed by atoms with Gasteiger partial charge >= 0.3 is 0 Å². The first-order valence-electron chi connectivity index (χ1n) is 13.4. The molecule has 2 aliphatic rings. The summed E-state index contributed by atoms with van der Waals surface area (Å²) < 4.78 is 48.9. The fraction of sp³-hybridized carbons (Fsp3) is 0.226. The van der Waals surface area contributed by atoms with Crippen LogP contribution in [0.5, 0.6) is 5.75 Å². The highest BCUT2D eigenvalue weighted by atomic mass is 32.2. The van der Waals surface area contributed by atoms with Crippen LogP contribution < -0.4 is 14.4 Å². The molecular formula is C31H28FN3O5S. The lowest BCUT2D eigenvalue weighted by Crippen LogP contribution is -2.35. The van der Waals surface area contributed by atoms with Crippen molar-refractivity contribution in [3.8, 4) is 5.75 Å². The number of hydrogen-bond donors (Lipinski definition) is 1. The number of carbonyl (C=O) groups is 2. The van der Waals surface area contributed by atoms with Crippen molar-refractivity contribution < 1.29 is 27.1 Å². The molecular weight excluding hydrogens is 545 g/mol. The molecule has 0 unspecified atom stereocenters. The molecule has 1 aromatic heterocycles. The molecule has 8 nitrogen and oxygen atoms in total. The first-order chi connectivity index (χ1) is 19.8. The fourth-order valence-corrected chi connectivity index (χ4v) is 6.41. The van der Waals surface area contributed by atoms with Gasteiger partial charge in [0.2, 0.25) is 15.9 Å². The SMILES string of the molecule is O=C(NS(=O)(=O)C1CC1)c1cc(N2CCCOc3ccc(F)cc32)cn1C(=O)C(c1ccccc1)c1ccccc1. The third-order valence-corrected chi connectivity index (χ3v) is 9.11. The predicted octanol–water partition coefficient (Wildman–Crippen LogP) is 5.24. The molecule has 2 heterocycles. The molecule has 1 aliphatic heterocycles. The lowest BCUT2D eigenvalue weighted by atomic mass is 9.90. The smallest absolute Gasteiger partial charge is 0.281 e. The first kappa shape index (κ1) is 26.8. The Kier molecular flexibility index (Phi) is 7.08. The van der Waals surface area contributed by atoms with Crippen LogP contribution >= 0.6 is 0 Å². The fourth-order valence-electron chi connectivity index (χ4n) is 5.12. The number of anilines is 2. The molecule has 210 valence electrons. The highest BCUT2D eigenvalue weighted by Gasteiger charge is 2.38. The second kappa shape index (κ2) is 10.9. The van der Waals surface area contributed by atoms with E-state index in [4.69, 9.17) is 4.74 Å². The van der Waals surface area contributed by atoms with Gasteiger partial charge in [0.1, 0.15) is 17.3 Å². The van der Waals surface area contributed by atoms with Crippen LogP contribution in [0.3, 0.4) is 0 Å². The lowest BCUT2D eigenvalue weighted by Gasteiger charge is -2.22. The summed E-state index contributed by atoms with van der Waals surface area (Å²) in [5.41, 5.74) is 2.18. The van der Waals surface area contributed by atoms with Gasteiger partial charge in [0.25, 0.3) is 5.91 Å². The summed E-state index contributed by atoms with van der Waals surface area (Å²) >= 11 is 0. The van der Waals surface area contributed by atoms with E-state index in [9.17, 15) is 22.4 Å². The highest BCUT2D eigenvalue weighted by Crippen LogP contribution is 2.38. The van der Waals surface area contributed by atoms with Gasteiger partial charge in [0, 0.05) is 18.8 Å². The third kappa shape index (κ3) is 5.47. The average Bonchev–Trinajstić information content (AvgIpc) is 3.78. The van der Waals surface area contributed by atoms with Crippen LogP contribution in [-0.4, -0.2) is 43.2 Å². The minimum Gasteiger partial charge on any atom is -0.491 e. The largest absolute Gasteiger partial charge is 0.491 e. The second-order valence-electron chi connectivity index (χ2n) is 10.2. The number of benzene rings is 3. The molecule has 1 aliphatic carbocycles. The number of ether oxygens (including phenoxy) is 1. The number of rotatable bonds is 7. The summed E-state index contributed by atoms with van der Waals surface area (Å²) in [4.78, 5) is 29.7. The molecule has 1 N–H and O–H groups in total. The van der Waals surface area contributed by atoms with E-state index in [-0.39, 0.29) is 5.69 Å². The quantitative estimate of drug-likeness (QED) is 0.325. The van der Waals surface area contributed by atoms with Crippen LogP contribution in [0, 0.1) is 5.82 Å². The average molecular weight is 574 g/mol. The second-order valence-corrected chi connectivity index (χ2v) is 12.1. The molecule has 1 amide bonds. The van der Waals surface area contributed by atoms with Gasteiger partial charge in [-0.3, -0.25) is 14.2 Å². The van der Waals surface area contributed by atoms with E-state index >= 15 is 0 Å². The Hall–Kier alpha value is -4.44. The van der Waals surface area contributed by atoms with Crippen LogP contribution in [0.2, 0.25) is 0 Å². The van der Waals surface area contributed by atoms with E-state index in [1.807, 2.05) is 60.7 Å². The molecule has 4 aromatic rings. The monoisotopic (exact) mass is 573 g/mol. The van der Waals surface area contributed by atoms with Crippen LogP contribution in [0.1, 0.15) is 51.6 Å². The van der Waals surface area contributed by atoms with Crippen LogP contribution in [-0.2, 0) is 10.0 Å². The molecule has 0 spiro atoms. The van der Waals surface area contributed by atoms with E-state index in [1.54, 1.807) is 11.0 Å². The van der Waals surface area contributed by atoms with E-state index in [1.165, 1.54) is 29.0 Å². The van der Waals surface area contributed by atoms with Gasteiger partial charge in [-0.05, 0) is 48.6 Å². The Morgan fingerprint density at radius 2 is 1.59 bits per heavy atom. The van der Waals surface area contributed by atoms with Crippen LogP contribution in [0.4, 0.5) is 15.8 Å². The van der Waals surface area contributed by atoms with Crippen LogP contribution in [0.25, 0.3) is 0 Å². The number of aromatic nitrogens is 1. The molecule has 1 saturated carbocycles. The topological polar surface area (TPSA) is 97.7 Å². The van der Waals surface area contributed by atoms with Gasteiger partial charge in [0.15, 0.2) is 0 Å². The van der Waals surface area contributed by atoms with Gasteiger partial charge in [0.05, 0.1) is 29.1 Å². The Morgan fingerprint density at radius 3 is 2.22 bits per heavy atom. The molecule has 0 radical (unpaired) electrons. The van der Waals surface area contributed by atoms with E-state index in [0.717, 1.165) is 0 Å². The Balaban J connectivity index is 1.48. The first-order valence-corrected chi connectivity index (χ1v) is 15.0. The minimum atomic E-state index is -3.88. The van der Waals surface area contributed by atoms with E-state index in [0.29, 0.717) is 60.7 Å². The molecule has 3 aromatic carbocycles. The Bertz CT molecular complexity index is 1660. The lowest BCUT2D eigenvalue weighted by molar-refractivity contribution is 0.0866. The summed E-state index contributed by atoms with van der Waals surface area (Å²) in [5.74, 6) is -2.11. The molecule has 6 rings (SSSR count). The standard InChI is InChI=1S/C31H28FN3O5S/c32-23-12-15-28-26(18-23)34(16-7-17-40-28)24-19-27(30(36)33-41(38,39)25-13-14-25)35(20-24)31(37)29(21-8-3-1-4-9-21)22-10-5-2-6-11-22/h1-6,8-12,15,18-20,25,29H,7,13-14,16-17H2,(H,33,36). The molecule has 1 fully saturated rings. The molecule has 0 atom stereocenters. The number of nitrogens with one attached hydrogen (secondary N) is 1. The Morgan fingerprint density at radius 1 is 0.927 bits per heavy atom. The minimum absolute atomic E-state index is 0.130. The van der Waals surface area contributed by atoms with E-state index in [2.05, 4.69) is 4.72 Å². The normalized spacial score (nSPS) is 15.1. The van der Waals surface area contributed by atoms with E-state index < -0.39 is 38.8 Å². The predicted molar refractivity (Wildman–Crippen MR) is 153 cm³/mol. The van der Waals surface area contributed by atoms with Gasteiger partial charge in [-0.25, -0.2) is 17.5 Å². The number of sulfonamides is 1. The van der Waals surface area contributed by atoms with Crippen molar-refractivity contribution in [1.82, 2.24) is 9.29 Å². The van der Waals surface area contributed by atoms with Crippen molar-refractivity contribution in [2.45, 2.75) is 30.4 Å². The number of amides is 1. The number of fused-ring (bicyclic) bond motifs is 1. The zero-order valence-electron chi connectivity index (χ0n) is 22.1. The maximum atomic E-state index is 14.4. The summed E-state index contributed by atoms with van der Waals surface area (Å²) in [6.45, 7) is 0.836. The number of halogens is 1. The van der Waals surface area contributed by atoms with Gasteiger partial charge in [-0.2, -0.15) is 0 Å². The van der Waals surface area contributed by atoms with Gasteiger partial charge in [-0.1, -0.05) is 60.7 Å². The summed E-state index contributed by atoms with van der Waals surface area (Å²) in [6.07, 6.45) is 3.07.